The maximum absolute atomic E-state index is 10.9. The molecule has 0 fully saturated rings. The summed E-state index contributed by atoms with van der Waals surface area (Å²) in [6, 6.07) is 0. The molecule has 0 N–H and O–H groups in total. The average Bonchev–Trinajstić information content (AvgIpc) is 2.74. The van der Waals surface area contributed by atoms with Gasteiger partial charge in [0.15, 0.2) is 11.5 Å². The minimum atomic E-state index is -0.115. The molecule has 0 atom stereocenters. The fraction of sp³-hybridized carbons (Fsp3) is 0.538. The standard InChI is InChI=1S/C13H21N2O2/c1-4-5-6-14-7-8-15(11-14)9-10-17-13(3)12(2)16/h7-8,11H,3-6,9-10H2,1-2H3/q+1. The SMILES string of the molecule is C=C(OCCn1cc[n+](CCCC)c1)C(C)=O. The van der Waals surface area contributed by atoms with Gasteiger partial charge in [-0.1, -0.05) is 19.9 Å². The monoisotopic (exact) mass is 237 g/mol. The zero-order chi connectivity index (χ0) is 12.7. The summed E-state index contributed by atoms with van der Waals surface area (Å²) in [6.45, 7) is 9.43. The number of imidazole rings is 1. The Morgan fingerprint density at radius 1 is 1.53 bits per heavy atom. The van der Waals surface area contributed by atoms with Crippen LogP contribution in [-0.2, 0) is 22.6 Å². The summed E-state index contributed by atoms with van der Waals surface area (Å²) in [5.41, 5.74) is 0. The molecule has 1 aromatic heterocycles. The van der Waals surface area contributed by atoms with Gasteiger partial charge in [-0.2, -0.15) is 0 Å². The highest BCUT2D eigenvalue weighted by Crippen LogP contribution is 1.96. The highest BCUT2D eigenvalue weighted by Gasteiger charge is 2.05. The number of rotatable bonds is 8. The molecule has 94 valence electrons. The Morgan fingerprint density at radius 3 is 2.94 bits per heavy atom. The fourth-order valence-corrected chi connectivity index (χ4v) is 1.42. The van der Waals surface area contributed by atoms with E-state index in [1.807, 2.05) is 10.8 Å². The maximum Gasteiger partial charge on any atom is 0.243 e. The van der Waals surface area contributed by atoms with Gasteiger partial charge in [-0.15, -0.1) is 0 Å². The molecule has 4 heteroatoms. The quantitative estimate of drug-likeness (QED) is 0.392. The minimum Gasteiger partial charge on any atom is -0.486 e. The largest absolute Gasteiger partial charge is 0.486 e. The van der Waals surface area contributed by atoms with Crippen LogP contribution < -0.4 is 4.57 Å². The smallest absolute Gasteiger partial charge is 0.243 e. The lowest BCUT2D eigenvalue weighted by Crippen LogP contribution is -2.30. The summed E-state index contributed by atoms with van der Waals surface area (Å²) < 4.78 is 9.42. The average molecular weight is 237 g/mol. The van der Waals surface area contributed by atoms with Gasteiger partial charge in [0.25, 0.3) is 0 Å². The Hall–Kier alpha value is -1.58. The number of allylic oxidation sites excluding steroid dienone is 1. The van der Waals surface area contributed by atoms with E-state index in [1.165, 1.54) is 19.8 Å². The molecular weight excluding hydrogens is 216 g/mol. The van der Waals surface area contributed by atoms with Crippen molar-refractivity contribution in [1.82, 2.24) is 4.57 Å². The third-order valence-electron chi connectivity index (χ3n) is 2.53. The van der Waals surface area contributed by atoms with Gasteiger partial charge in [0.2, 0.25) is 6.33 Å². The van der Waals surface area contributed by atoms with Crippen molar-refractivity contribution in [2.75, 3.05) is 6.61 Å². The minimum absolute atomic E-state index is 0.115. The van der Waals surface area contributed by atoms with Gasteiger partial charge in [0.1, 0.15) is 25.5 Å². The molecule has 0 aromatic carbocycles. The van der Waals surface area contributed by atoms with Crippen LogP contribution in [0.15, 0.2) is 31.1 Å². The molecule has 17 heavy (non-hydrogen) atoms. The molecule has 0 aliphatic carbocycles. The van der Waals surface area contributed by atoms with Crippen molar-refractivity contribution in [3.8, 4) is 0 Å². The highest BCUT2D eigenvalue weighted by atomic mass is 16.5. The van der Waals surface area contributed by atoms with Crippen LogP contribution in [0.3, 0.4) is 0 Å². The van der Waals surface area contributed by atoms with Crippen LogP contribution in [0.2, 0.25) is 0 Å². The number of ether oxygens (including phenoxy) is 1. The van der Waals surface area contributed by atoms with Crippen molar-refractivity contribution in [1.29, 1.82) is 0 Å². The second-order valence-electron chi connectivity index (χ2n) is 4.07. The first kappa shape index (κ1) is 13.5. The van der Waals surface area contributed by atoms with Gasteiger partial charge in [-0.3, -0.25) is 4.79 Å². The Morgan fingerprint density at radius 2 is 2.29 bits per heavy atom. The summed E-state index contributed by atoms with van der Waals surface area (Å²) in [5.74, 6) is 0.117. The number of hydrogen-bond donors (Lipinski definition) is 0. The number of aryl methyl sites for hydroxylation is 1. The van der Waals surface area contributed by atoms with E-state index >= 15 is 0 Å². The van der Waals surface area contributed by atoms with E-state index in [-0.39, 0.29) is 11.5 Å². The Kier molecular flexibility index (Phi) is 5.46. The molecule has 0 unspecified atom stereocenters. The third kappa shape index (κ3) is 4.85. The van der Waals surface area contributed by atoms with Crippen LogP contribution in [0, 0.1) is 0 Å². The van der Waals surface area contributed by atoms with Crippen LogP contribution in [0.5, 0.6) is 0 Å². The van der Waals surface area contributed by atoms with Crippen LogP contribution in [0.25, 0.3) is 0 Å². The molecule has 0 saturated heterocycles. The zero-order valence-corrected chi connectivity index (χ0v) is 10.7. The van der Waals surface area contributed by atoms with Crippen molar-refractivity contribution < 1.29 is 14.1 Å². The summed E-state index contributed by atoms with van der Waals surface area (Å²) in [7, 11) is 0. The zero-order valence-electron chi connectivity index (χ0n) is 10.7. The third-order valence-corrected chi connectivity index (χ3v) is 2.53. The Labute approximate surface area is 103 Å². The van der Waals surface area contributed by atoms with Crippen molar-refractivity contribution in [3.63, 3.8) is 0 Å². The van der Waals surface area contributed by atoms with E-state index in [1.54, 1.807) is 0 Å². The van der Waals surface area contributed by atoms with E-state index in [2.05, 4.69) is 30.6 Å². The van der Waals surface area contributed by atoms with Crippen molar-refractivity contribution in [2.45, 2.75) is 39.8 Å². The summed E-state index contributed by atoms with van der Waals surface area (Å²) in [5, 5.41) is 0. The second-order valence-corrected chi connectivity index (χ2v) is 4.07. The second kappa shape index (κ2) is 6.89. The van der Waals surface area contributed by atoms with Gasteiger partial charge in [0.05, 0.1) is 6.54 Å². The molecule has 1 aromatic rings. The van der Waals surface area contributed by atoms with Crippen molar-refractivity contribution in [3.05, 3.63) is 31.1 Å². The molecule has 0 aliphatic heterocycles. The van der Waals surface area contributed by atoms with Crippen molar-refractivity contribution in [2.24, 2.45) is 0 Å². The Balaban J connectivity index is 2.29. The summed E-state index contributed by atoms with van der Waals surface area (Å²) in [4.78, 5) is 10.9. The van der Waals surface area contributed by atoms with Gasteiger partial charge in [-0.25, -0.2) is 9.13 Å². The number of aromatic nitrogens is 2. The molecule has 1 heterocycles. The summed E-state index contributed by atoms with van der Waals surface area (Å²) in [6.07, 6.45) is 8.49. The van der Waals surface area contributed by atoms with Crippen LogP contribution in [0.4, 0.5) is 0 Å². The summed E-state index contributed by atoms with van der Waals surface area (Å²) >= 11 is 0. The predicted molar refractivity (Wildman–Crippen MR) is 65.3 cm³/mol. The first-order chi connectivity index (χ1) is 8.13. The molecule has 0 amide bonds. The first-order valence-corrected chi connectivity index (χ1v) is 6.01. The number of Topliss-reactive ketones (excluding diaryl/α,β-unsaturated/α-hetero) is 1. The van der Waals surface area contributed by atoms with Gasteiger partial charge in [0, 0.05) is 6.92 Å². The van der Waals surface area contributed by atoms with E-state index < -0.39 is 0 Å². The van der Waals surface area contributed by atoms with Crippen molar-refractivity contribution >= 4 is 5.78 Å². The number of unbranched alkanes of at least 4 members (excludes halogenated alkanes) is 1. The van der Waals surface area contributed by atoms with E-state index in [4.69, 9.17) is 4.74 Å². The number of carbonyl (C=O) groups is 1. The Bertz CT molecular complexity index is 383. The lowest BCUT2D eigenvalue weighted by atomic mass is 10.3. The van der Waals surface area contributed by atoms with Gasteiger partial charge in [-0.05, 0) is 6.42 Å². The first-order valence-electron chi connectivity index (χ1n) is 6.01. The van der Waals surface area contributed by atoms with E-state index in [0.29, 0.717) is 6.61 Å². The molecule has 1 rings (SSSR count). The van der Waals surface area contributed by atoms with Crippen LogP contribution >= 0.6 is 0 Å². The molecule has 0 saturated carbocycles. The lowest BCUT2D eigenvalue weighted by Gasteiger charge is -2.03. The molecule has 0 bridgehead atoms. The van der Waals surface area contributed by atoms with E-state index in [0.717, 1.165) is 13.1 Å². The number of hydrogen-bond acceptors (Lipinski definition) is 2. The van der Waals surface area contributed by atoms with E-state index in [9.17, 15) is 4.79 Å². The normalized spacial score (nSPS) is 10.2. The fourth-order valence-electron chi connectivity index (χ4n) is 1.42. The van der Waals surface area contributed by atoms with Crippen LogP contribution in [0.1, 0.15) is 26.7 Å². The van der Waals surface area contributed by atoms with Gasteiger partial charge < -0.3 is 4.74 Å². The van der Waals surface area contributed by atoms with Gasteiger partial charge >= 0.3 is 0 Å². The molecule has 0 radical (unpaired) electrons. The van der Waals surface area contributed by atoms with Crippen LogP contribution in [-0.4, -0.2) is 17.0 Å². The topological polar surface area (TPSA) is 35.1 Å². The highest BCUT2D eigenvalue weighted by molar-refractivity contribution is 5.90. The number of ketones is 1. The molecule has 4 nitrogen and oxygen atoms in total. The number of carbonyl (C=O) groups excluding carboxylic acids is 1. The molecule has 0 aliphatic rings. The maximum atomic E-state index is 10.9. The molecular formula is C13H21N2O2+. The predicted octanol–water partition coefficient (Wildman–Crippen LogP) is 1.69. The lowest BCUT2D eigenvalue weighted by molar-refractivity contribution is -0.696. The molecule has 0 spiro atoms. The number of nitrogens with zero attached hydrogens (tertiary/aromatic N) is 2.